The Morgan fingerprint density at radius 3 is 2.92 bits per heavy atom. The molecule has 13 heavy (non-hydrogen) atoms. The second kappa shape index (κ2) is 8.34. The minimum Gasteiger partial charge on any atom is -0.464 e. The third-order valence-electron chi connectivity index (χ3n) is 1.44. The molecule has 0 aromatic carbocycles. The Kier molecular flexibility index (Phi) is 8.18. The second-order valence-corrected chi connectivity index (χ2v) is 3.24. The van der Waals surface area contributed by atoms with Crippen LogP contribution in [0.5, 0.6) is 0 Å². The molecule has 0 aromatic rings. The lowest BCUT2D eigenvalue weighted by molar-refractivity contribution is -0.143. The van der Waals surface area contributed by atoms with E-state index in [4.69, 9.17) is 10.5 Å². The largest absolute Gasteiger partial charge is 0.464 e. The molecule has 0 spiro atoms. The van der Waals surface area contributed by atoms with Gasteiger partial charge < -0.3 is 15.8 Å². The van der Waals surface area contributed by atoms with E-state index in [2.05, 4.69) is 17.9 Å². The van der Waals surface area contributed by atoms with Gasteiger partial charge in [0.2, 0.25) is 0 Å². The number of ether oxygens (including phenoxy) is 1. The molecular formula is C8H18N2O2S. The Morgan fingerprint density at radius 1 is 1.69 bits per heavy atom. The highest BCUT2D eigenvalue weighted by Gasteiger charge is 2.06. The standard InChI is InChI=1S/C8H18N2O2S/c1-2-10-7(13)3-4-8(11)12-6-5-9/h7,10,13H,2-6,9H2,1H3. The summed E-state index contributed by atoms with van der Waals surface area (Å²) in [6.45, 7) is 3.53. The number of carbonyl (C=O) groups excluding carboxylic acids is 1. The Labute approximate surface area is 84.6 Å². The van der Waals surface area contributed by atoms with Crippen LogP contribution in [0.15, 0.2) is 0 Å². The first kappa shape index (κ1) is 12.7. The smallest absolute Gasteiger partial charge is 0.305 e. The number of carbonyl (C=O) groups is 1. The molecule has 0 amide bonds. The number of rotatable bonds is 7. The van der Waals surface area contributed by atoms with Crippen molar-refractivity contribution >= 4 is 18.6 Å². The van der Waals surface area contributed by atoms with E-state index in [9.17, 15) is 4.79 Å². The Bertz CT molecular complexity index is 144. The van der Waals surface area contributed by atoms with Gasteiger partial charge in [-0.15, -0.1) is 0 Å². The maximum absolute atomic E-state index is 11.0. The van der Waals surface area contributed by atoms with Crippen LogP contribution in [0.2, 0.25) is 0 Å². The highest BCUT2D eigenvalue weighted by molar-refractivity contribution is 7.80. The van der Waals surface area contributed by atoms with Gasteiger partial charge in [0, 0.05) is 13.0 Å². The summed E-state index contributed by atoms with van der Waals surface area (Å²) in [6.07, 6.45) is 1.07. The van der Waals surface area contributed by atoms with Crippen LogP contribution in [0, 0.1) is 0 Å². The van der Waals surface area contributed by atoms with E-state index in [-0.39, 0.29) is 11.3 Å². The molecule has 0 aromatic heterocycles. The van der Waals surface area contributed by atoms with Gasteiger partial charge in [0.1, 0.15) is 6.61 Å². The van der Waals surface area contributed by atoms with Gasteiger partial charge in [0.15, 0.2) is 0 Å². The Balaban J connectivity index is 3.34. The van der Waals surface area contributed by atoms with Gasteiger partial charge in [-0.05, 0) is 13.0 Å². The van der Waals surface area contributed by atoms with Gasteiger partial charge >= 0.3 is 5.97 Å². The predicted molar refractivity (Wildman–Crippen MR) is 55.7 cm³/mol. The van der Waals surface area contributed by atoms with Crippen molar-refractivity contribution < 1.29 is 9.53 Å². The van der Waals surface area contributed by atoms with Gasteiger partial charge in [0.25, 0.3) is 0 Å². The fourth-order valence-corrected chi connectivity index (χ4v) is 1.15. The van der Waals surface area contributed by atoms with Crippen LogP contribution in [0.25, 0.3) is 0 Å². The number of esters is 1. The molecule has 0 saturated carbocycles. The van der Waals surface area contributed by atoms with Crippen LogP contribution in [-0.2, 0) is 9.53 Å². The third kappa shape index (κ3) is 8.08. The van der Waals surface area contributed by atoms with Crippen molar-refractivity contribution in [3.8, 4) is 0 Å². The van der Waals surface area contributed by atoms with E-state index in [0.717, 1.165) is 6.54 Å². The van der Waals surface area contributed by atoms with Crippen molar-refractivity contribution in [3.63, 3.8) is 0 Å². The maximum Gasteiger partial charge on any atom is 0.305 e. The first-order chi connectivity index (χ1) is 6.20. The lowest BCUT2D eigenvalue weighted by Crippen LogP contribution is -2.24. The minimum absolute atomic E-state index is 0.0652. The monoisotopic (exact) mass is 206 g/mol. The highest BCUT2D eigenvalue weighted by Crippen LogP contribution is 2.02. The molecule has 0 fully saturated rings. The van der Waals surface area contributed by atoms with E-state index in [1.165, 1.54) is 0 Å². The van der Waals surface area contributed by atoms with Crippen molar-refractivity contribution in [2.75, 3.05) is 19.7 Å². The molecule has 0 heterocycles. The predicted octanol–water partition coefficient (Wildman–Crippen LogP) is 0.134. The maximum atomic E-state index is 11.0. The number of thiol groups is 1. The number of hydrogen-bond acceptors (Lipinski definition) is 5. The summed E-state index contributed by atoms with van der Waals surface area (Å²) in [7, 11) is 0. The second-order valence-electron chi connectivity index (χ2n) is 2.62. The molecule has 0 aliphatic carbocycles. The summed E-state index contributed by atoms with van der Waals surface area (Å²) in [5.41, 5.74) is 5.18. The number of hydrogen-bond donors (Lipinski definition) is 3. The van der Waals surface area contributed by atoms with E-state index in [0.29, 0.717) is 26.0 Å². The normalized spacial score (nSPS) is 12.5. The lowest BCUT2D eigenvalue weighted by atomic mass is 10.3. The van der Waals surface area contributed by atoms with Gasteiger partial charge in [-0.25, -0.2) is 0 Å². The molecule has 4 nitrogen and oxygen atoms in total. The van der Waals surface area contributed by atoms with Crippen molar-refractivity contribution in [2.24, 2.45) is 5.73 Å². The quantitative estimate of drug-likeness (QED) is 0.315. The molecule has 78 valence electrons. The zero-order chi connectivity index (χ0) is 10.1. The van der Waals surface area contributed by atoms with Crippen LogP contribution in [0.4, 0.5) is 0 Å². The molecule has 0 saturated heterocycles. The summed E-state index contributed by atoms with van der Waals surface area (Å²) < 4.78 is 4.79. The number of nitrogens with two attached hydrogens (primary N) is 1. The van der Waals surface area contributed by atoms with E-state index in [1.807, 2.05) is 6.92 Å². The molecule has 1 atom stereocenters. The summed E-state index contributed by atoms with van der Waals surface area (Å²) >= 11 is 4.23. The minimum atomic E-state index is -0.206. The summed E-state index contributed by atoms with van der Waals surface area (Å²) in [4.78, 5) is 11.0. The Morgan fingerprint density at radius 2 is 2.38 bits per heavy atom. The third-order valence-corrected chi connectivity index (χ3v) is 1.88. The molecule has 1 unspecified atom stereocenters. The van der Waals surface area contributed by atoms with Crippen LogP contribution in [-0.4, -0.2) is 31.0 Å². The van der Waals surface area contributed by atoms with E-state index < -0.39 is 0 Å². The molecule has 3 N–H and O–H groups in total. The first-order valence-corrected chi connectivity index (χ1v) is 4.99. The molecular weight excluding hydrogens is 188 g/mol. The zero-order valence-corrected chi connectivity index (χ0v) is 8.85. The molecule has 0 radical (unpaired) electrons. The summed E-state index contributed by atoms with van der Waals surface area (Å²) in [5, 5.41) is 3.15. The van der Waals surface area contributed by atoms with Crippen LogP contribution in [0.3, 0.4) is 0 Å². The summed E-state index contributed by atoms with van der Waals surface area (Å²) in [6, 6.07) is 0. The topological polar surface area (TPSA) is 64.3 Å². The number of nitrogens with one attached hydrogen (secondary N) is 1. The van der Waals surface area contributed by atoms with Crippen molar-refractivity contribution in [2.45, 2.75) is 25.1 Å². The zero-order valence-electron chi connectivity index (χ0n) is 7.95. The van der Waals surface area contributed by atoms with Crippen molar-refractivity contribution in [3.05, 3.63) is 0 Å². The highest BCUT2D eigenvalue weighted by atomic mass is 32.1. The van der Waals surface area contributed by atoms with E-state index >= 15 is 0 Å². The van der Waals surface area contributed by atoms with Crippen LogP contribution in [0.1, 0.15) is 19.8 Å². The van der Waals surface area contributed by atoms with Crippen LogP contribution >= 0.6 is 12.6 Å². The van der Waals surface area contributed by atoms with Gasteiger partial charge in [-0.1, -0.05) is 6.92 Å². The summed E-state index contributed by atoms with van der Waals surface area (Å²) in [5.74, 6) is -0.206. The molecule has 0 bridgehead atoms. The Hall–Kier alpha value is -0.260. The van der Waals surface area contributed by atoms with Gasteiger partial charge in [-0.3, -0.25) is 4.79 Å². The van der Waals surface area contributed by atoms with Crippen molar-refractivity contribution in [1.29, 1.82) is 0 Å². The molecule has 0 rings (SSSR count). The molecule has 0 aliphatic heterocycles. The van der Waals surface area contributed by atoms with Crippen LogP contribution < -0.4 is 11.1 Å². The van der Waals surface area contributed by atoms with Gasteiger partial charge in [0.05, 0.1) is 5.37 Å². The fourth-order valence-electron chi connectivity index (χ4n) is 0.837. The van der Waals surface area contributed by atoms with Gasteiger partial charge in [-0.2, -0.15) is 12.6 Å². The van der Waals surface area contributed by atoms with E-state index in [1.54, 1.807) is 0 Å². The average Bonchev–Trinajstić information content (AvgIpc) is 2.12. The lowest BCUT2D eigenvalue weighted by Gasteiger charge is -2.10. The SMILES string of the molecule is CCNC(S)CCC(=O)OCCN. The first-order valence-electron chi connectivity index (χ1n) is 4.47. The average molecular weight is 206 g/mol. The fraction of sp³-hybridized carbons (Fsp3) is 0.875. The molecule has 5 heteroatoms. The van der Waals surface area contributed by atoms with Crippen molar-refractivity contribution in [1.82, 2.24) is 5.32 Å². The molecule has 0 aliphatic rings.